The Morgan fingerprint density at radius 1 is 1.41 bits per heavy atom. The molecule has 2 aromatic rings. The molecule has 0 aliphatic heterocycles. The average molecular weight is 234 g/mol. The van der Waals surface area contributed by atoms with Crippen LogP contribution in [0.4, 0.5) is 0 Å². The molecule has 1 aromatic carbocycles. The Bertz CT molecular complexity index is 494. The number of para-hydroxylation sites is 1. The number of aliphatic hydroxyl groups excluding tert-OH is 1. The van der Waals surface area contributed by atoms with E-state index in [1.807, 2.05) is 18.2 Å². The summed E-state index contributed by atoms with van der Waals surface area (Å²) in [5.74, 6) is 1.62. The van der Waals surface area contributed by atoms with Crippen molar-refractivity contribution in [3.05, 3.63) is 41.5 Å². The molecule has 0 amide bonds. The van der Waals surface area contributed by atoms with E-state index in [-0.39, 0.29) is 6.61 Å². The standard InChI is InChI=1S/C12H14N2O3/c1-8(15)10-5-3-4-6-11(10)16-7-12-13-9(2)14-17-12/h3-6,8,15H,7H2,1-2H3/t8-/m0/s1. The Labute approximate surface area is 99.0 Å². The normalized spacial score (nSPS) is 12.4. The maximum Gasteiger partial charge on any atom is 0.264 e. The molecule has 0 aliphatic rings. The van der Waals surface area contributed by atoms with Gasteiger partial charge in [0.2, 0.25) is 0 Å². The fourth-order valence-electron chi connectivity index (χ4n) is 1.50. The summed E-state index contributed by atoms with van der Waals surface area (Å²) in [6.07, 6.45) is -0.573. The van der Waals surface area contributed by atoms with Crippen molar-refractivity contribution in [3.63, 3.8) is 0 Å². The second-order valence-corrected chi connectivity index (χ2v) is 3.74. The van der Waals surface area contributed by atoms with E-state index >= 15 is 0 Å². The highest BCUT2D eigenvalue weighted by atomic mass is 16.5. The second-order valence-electron chi connectivity index (χ2n) is 3.74. The quantitative estimate of drug-likeness (QED) is 0.876. The molecule has 1 aromatic heterocycles. The fraction of sp³-hybridized carbons (Fsp3) is 0.333. The van der Waals surface area contributed by atoms with Crippen LogP contribution < -0.4 is 4.74 Å². The van der Waals surface area contributed by atoms with Crippen molar-refractivity contribution >= 4 is 0 Å². The number of benzene rings is 1. The number of rotatable bonds is 4. The van der Waals surface area contributed by atoms with E-state index in [9.17, 15) is 5.11 Å². The van der Waals surface area contributed by atoms with Crippen LogP contribution in [-0.2, 0) is 6.61 Å². The number of aryl methyl sites for hydroxylation is 1. The lowest BCUT2D eigenvalue weighted by atomic mass is 10.1. The molecule has 1 heterocycles. The van der Waals surface area contributed by atoms with Crippen LogP contribution in [0.1, 0.15) is 30.3 Å². The van der Waals surface area contributed by atoms with Crippen LogP contribution in [-0.4, -0.2) is 15.2 Å². The zero-order valence-corrected chi connectivity index (χ0v) is 9.75. The minimum atomic E-state index is -0.573. The highest BCUT2D eigenvalue weighted by Crippen LogP contribution is 2.25. The molecule has 17 heavy (non-hydrogen) atoms. The molecule has 0 fully saturated rings. The molecule has 0 spiro atoms. The first-order valence-electron chi connectivity index (χ1n) is 5.36. The molecule has 1 N–H and O–H groups in total. The Hall–Kier alpha value is -1.88. The predicted octanol–water partition coefficient (Wildman–Crippen LogP) is 2.01. The van der Waals surface area contributed by atoms with Gasteiger partial charge < -0.3 is 14.4 Å². The monoisotopic (exact) mass is 234 g/mol. The number of aliphatic hydroxyl groups is 1. The molecule has 2 rings (SSSR count). The molecule has 0 aliphatic carbocycles. The minimum Gasteiger partial charge on any atom is -0.483 e. The second kappa shape index (κ2) is 4.97. The first kappa shape index (κ1) is 11.6. The maximum absolute atomic E-state index is 9.57. The van der Waals surface area contributed by atoms with E-state index in [1.165, 1.54) is 0 Å². The molecule has 0 unspecified atom stereocenters. The zero-order chi connectivity index (χ0) is 12.3. The Morgan fingerprint density at radius 3 is 2.82 bits per heavy atom. The van der Waals surface area contributed by atoms with Gasteiger partial charge in [0.05, 0.1) is 6.10 Å². The number of nitrogens with zero attached hydrogens (tertiary/aromatic N) is 2. The zero-order valence-electron chi connectivity index (χ0n) is 9.75. The lowest BCUT2D eigenvalue weighted by Gasteiger charge is -2.11. The van der Waals surface area contributed by atoms with Crippen LogP contribution in [0, 0.1) is 6.92 Å². The van der Waals surface area contributed by atoms with Crippen molar-refractivity contribution in [2.75, 3.05) is 0 Å². The van der Waals surface area contributed by atoms with Gasteiger partial charge in [-0.1, -0.05) is 23.4 Å². The summed E-state index contributed by atoms with van der Waals surface area (Å²) < 4.78 is 10.5. The summed E-state index contributed by atoms with van der Waals surface area (Å²) in [6.45, 7) is 3.64. The number of hydrogen-bond donors (Lipinski definition) is 1. The van der Waals surface area contributed by atoms with Crippen LogP contribution >= 0.6 is 0 Å². The summed E-state index contributed by atoms with van der Waals surface area (Å²) in [5, 5.41) is 13.2. The van der Waals surface area contributed by atoms with Gasteiger partial charge in [-0.2, -0.15) is 4.98 Å². The van der Waals surface area contributed by atoms with Gasteiger partial charge in [-0.3, -0.25) is 0 Å². The van der Waals surface area contributed by atoms with Crippen LogP contribution in [0.15, 0.2) is 28.8 Å². The van der Waals surface area contributed by atoms with E-state index in [1.54, 1.807) is 19.9 Å². The molecule has 0 radical (unpaired) electrons. The maximum atomic E-state index is 9.57. The van der Waals surface area contributed by atoms with Crippen molar-refractivity contribution in [2.24, 2.45) is 0 Å². The van der Waals surface area contributed by atoms with E-state index in [2.05, 4.69) is 10.1 Å². The summed E-state index contributed by atoms with van der Waals surface area (Å²) in [4.78, 5) is 4.03. The molecule has 5 heteroatoms. The predicted molar refractivity (Wildman–Crippen MR) is 60.4 cm³/mol. The summed E-state index contributed by atoms with van der Waals surface area (Å²) in [5.41, 5.74) is 0.740. The molecule has 1 atom stereocenters. The van der Waals surface area contributed by atoms with Crippen molar-refractivity contribution in [2.45, 2.75) is 26.6 Å². The number of ether oxygens (including phenoxy) is 1. The van der Waals surface area contributed by atoms with Gasteiger partial charge in [-0.25, -0.2) is 0 Å². The van der Waals surface area contributed by atoms with Crippen molar-refractivity contribution in [1.82, 2.24) is 10.1 Å². The van der Waals surface area contributed by atoms with Crippen LogP contribution in [0.25, 0.3) is 0 Å². The molecular formula is C12H14N2O3. The third-order valence-corrected chi connectivity index (χ3v) is 2.29. The van der Waals surface area contributed by atoms with Gasteiger partial charge in [0, 0.05) is 5.56 Å². The molecule has 0 bridgehead atoms. The molecule has 5 nitrogen and oxygen atoms in total. The number of hydrogen-bond acceptors (Lipinski definition) is 5. The van der Waals surface area contributed by atoms with E-state index in [0.717, 1.165) is 5.56 Å². The Balaban J connectivity index is 2.08. The average Bonchev–Trinajstić information content (AvgIpc) is 2.73. The molecule has 0 saturated carbocycles. The third-order valence-electron chi connectivity index (χ3n) is 2.29. The minimum absolute atomic E-state index is 0.199. The van der Waals surface area contributed by atoms with Gasteiger partial charge in [-0.05, 0) is 19.9 Å². The first-order chi connectivity index (χ1) is 8.16. The van der Waals surface area contributed by atoms with Crippen molar-refractivity contribution in [3.8, 4) is 5.75 Å². The molecule has 90 valence electrons. The van der Waals surface area contributed by atoms with Gasteiger partial charge in [-0.15, -0.1) is 0 Å². The summed E-state index contributed by atoms with van der Waals surface area (Å²) in [7, 11) is 0. The van der Waals surface area contributed by atoms with Gasteiger partial charge in [0.1, 0.15) is 5.75 Å². The van der Waals surface area contributed by atoms with Gasteiger partial charge >= 0.3 is 0 Å². The van der Waals surface area contributed by atoms with Crippen molar-refractivity contribution < 1.29 is 14.4 Å². The highest BCUT2D eigenvalue weighted by molar-refractivity contribution is 5.34. The lowest BCUT2D eigenvalue weighted by molar-refractivity contribution is 0.185. The fourth-order valence-corrected chi connectivity index (χ4v) is 1.50. The highest BCUT2D eigenvalue weighted by Gasteiger charge is 2.10. The van der Waals surface area contributed by atoms with Crippen LogP contribution in [0.3, 0.4) is 0 Å². The largest absolute Gasteiger partial charge is 0.483 e. The van der Waals surface area contributed by atoms with E-state index < -0.39 is 6.10 Å². The lowest BCUT2D eigenvalue weighted by Crippen LogP contribution is -2.01. The molecule has 0 saturated heterocycles. The molecular weight excluding hydrogens is 220 g/mol. The van der Waals surface area contributed by atoms with E-state index in [4.69, 9.17) is 9.26 Å². The van der Waals surface area contributed by atoms with Crippen LogP contribution in [0.2, 0.25) is 0 Å². The SMILES string of the molecule is Cc1noc(COc2ccccc2[C@H](C)O)n1. The van der Waals surface area contributed by atoms with Crippen molar-refractivity contribution in [1.29, 1.82) is 0 Å². The van der Waals surface area contributed by atoms with E-state index in [0.29, 0.717) is 17.5 Å². The topological polar surface area (TPSA) is 68.4 Å². The Kier molecular flexibility index (Phi) is 3.39. The Morgan fingerprint density at radius 2 is 2.18 bits per heavy atom. The van der Waals surface area contributed by atoms with Gasteiger partial charge in [0.15, 0.2) is 12.4 Å². The third kappa shape index (κ3) is 2.82. The smallest absolute Gasteiger partial charge is 0.264 e. The summed E-state index contributed by atoms with van der Waals surface area (Å²) in [6, 6.07) is 7.32. The number of aromatic nitrogens is 2. The van der Waals surface area contributed by atoms with Crippen LogP contribution in [0.5, 0.6) is 5.75 Å². The van der Waals surface area contributed by atoms with Gasteiger partial charge in [0.25, 0.3) is 5.89 Å². The first-order valence-corrected chi connectivity index (χ1v) is 5.36. The summed E-state index contributed by atoms with van der Waals surface area (Å²) >= 11 is 0.